The van der Waals surface area contributed by atoms with Gasteiger partial charge in [-0.25, -0.2) is 0 Å². The maximum Gasteiger partial charge on any atom is 0.101 e. The van der Waals surface area contributed by atoms with Crippen LogP contribution in [0.4, 0.5) is 0 Å². The summed E-state index contributed by atoms with van der Waals surface area (Å²) in [5.41, 5.74) is 5.14. The molecule has 1 aliphatic rings. The molecule has 0 spiro atoms. The van der Waals surface area contributed by atoms with Crippen LogP contribution in [0.25, 0.3) is 0 Å². The van der Waals surface area contributed by atoms with Crippen molar-refractivity contribution in [1.29, 1.82) is 5.26 Å². The second-order valence-corrected chi connectivity index (χ2v) is 5.32. The Morgan fingerprint density at radius 2 is 2.20 bits per heavy atom. The predicted octanol–water partition coefficient (Wildman–Crippen LogP) is 1.74. The highest BCUT2D eigenvalue weighted by molar-refractivity contribution is 5.00. The highest BCUT2D eigenvalue weighted by Crippen LogP contribution is 2.22. The average Bonchev–Trinajstić information content (AvgIpc) is 2.45. The van der Waals surface area contributed by atoms with E-state index in [0.717, 1.165) is 25.3 Å². The van der Waals surface area contributed by atoms with Crippen LogP contribution in [-0.2, 0) is 0 Å². The molecule has 0 aliphatic carbocycles. The second-order valence-electron chi connectivity index (χ2n) is 5.32. The van der Waals surface area contributed by atoms with E-state index in [4.69, 9.17) is 11.0 Å². The largest absolute Gasteiger partial charge is 0.314 e. The number of likely N-dealkylation sites (tertiary alicyclic amines) is 1. The molecule has 0 aromatic rings. The lowest BCUT2D eigenvalue weighted by atomic mass is 9.99. The van der Waals surface area contributed by atoms with Crippen LogP contribution in [0.1, 0.15) is 40.0 Å². The summed E-state index contributed by atoms with van der Waals surface area (Å²) in [5, 5.41) is 8.79. The van der Waals surface area contributed by atoms with Gasteiger partial charge in [-0.1, -0.05) is 6.92 Å². The molecule has 0 saturated carbocycles. The Hall–Kier alpha value is -0.590. The summed E-state index contributed by atoms with van der Waals surface area (Å²) >= 11 is 0. The Morgan fingerprint density at radius 1 is 1.53 bits per heavy atom. The van der Waals surface area contributed by atoms with Gasteiger partial charge in [0.2, 0.25) is 0 Å². The molecule has 15 heavy (non-hydrogen) atoms. The first-order chi connectivity index (χ1) is 6.94. The first kappa shape index (κ1) is 12.5. The Kier molecular flexibility index (Phi) is 4.12. The zero-order valence-corrected chi connectivity index (χ0v) is 10.2. The van der Waals surface area contributed by atoms with Gasteiger partial charge in [0, 0.05) is 12.6 Å². The number of rotatable bonds is 4. The minimum absolute atomic E-state index is 0.644. The quantitative estimate of drug-likeness (QED) is 0.767. The van der Waals surface area contributed by atoms with E-state index in [9.17, 15) is 0 Å². The lowest BCUT2D eigenvalue weighted by Crippen LogP contribution is -2.36. The third-order valence-electron chi connectivity index (χ3n) is 3.31. The van der Waals surface area contributed by atoms with Gasteiger partial charge < -0.3 is 10.6 Å². The Morgan fingerprint density at radius 3 is 2.67 bits per heavy atom. The maximum absolute atomic E-state index is 8.79. The third kappa shape index (κ3) is 3.81. The fraction of sp³-hybridized carbons (Fsp3) is 0.917. The molecule has 1 saturated heterocycles. The van der Waals surface area contributed by atoms with Crippen LogP contribution in [-0.4, -0.2) is 29.6 Å². The van der Waals surface area contributed by atoms with Gasteiger partial charge >= 0.3 is 0 Å². The molecule has 3 atom stereocenters. The van der Waals surface area contributed by atoms with Crippen molar-refractivity contribution in [3.8, 4) is 6.07 Å². The molecule has 1 fully saturated rings. The average molecular weight is 209 g/mol. The summed E-state index contributed by atoms with van der Waals surface area (Å²) in [5.74, 6) is 0.820. The van der Waals surface area contributed by atoms with E-state index in [-0.39, 0.29) is 0 Å². The molecule has 86 valence electrons. The molecule has 0 aromatic heterocycles. The molecule has 0 radical (unpaired) electrons. The third-order valence-corrected chi connectivity index (χ3v) is 3.31. The smallest absolute Gasteiger partial charge is 0.101 e. The van der Waals surface area contributed by atoms with Crippen LogP contribution in [0.2, 0.25) is 0 Å². The van der Waals surface area contributed by atoms with E-state index >= 15 is 0 Å². The highest BCUT2D eigenvalue weighted by Gasteiger charge is 2.26. The molecule has 1 heterocycles. The molecule has 0 bridgehead atoms. The van der Waals surface area contributed by atoms with Crippen LogP contribution in [0.3, 0.4) is 0 Å². The number of hydrogen-bond acceptors (Lipinski definition) is 3. The topological polar surface area (TPSA) is 53.0 Å². The summed E-state index contributed by atoms with van der Waals surface area (Å²) in [6.45, 7) is 8.69. The predicted molar refractivity (Wildman–Crippen MR) is 62.3 cm³/mol. The van der Waals surface area contributed by atoms with Crippen molar-refractivity contribution in [2.45, 2.75) is 51.6 Å². The van der Waals surface area contributed by atoms with Gasteiger partial charge in [0.25, 0.3) is 0 Å². The molecule has 2 N–H and O–H groups in total. The van der Waals surface area contributed by atoms with Gasteiger partial charge in [-0.2, -0.15) is 5.26 Å². The SMILES string of the molecule is CC1CC(C)N(CCCC(C)(N)C#N)C1. The lowest BCUT2D eigenvalue weighted by Gasteiger charge is -2.22. The monoisotopic (exact) mass is 209 g/mol. The molecule has 3 unspecified atom stereocenters. The van der Waals surface area contributed by atoms with Crippen LogP contribution in [0.5, 0.6) is 0 Å². The van der Waals surface area contributed by atoms with E-state index in [2.05, 4.69) is 24.8 Å². The number of hydrogen-bond donors (Lipinski definition) is 1. The van der Waals surface area contributed by atoms with Crippen molar-refractivity contribution in [3.05, 3.63) is 0 Å². The Bertz CT molecular complexity index is 242. The zero-order chi connectivity index (χ0) is 11.5. The molecular formula is C12H23N3. The highest BCUT2D eigenvalue weighted by atomic mass is 15.2. The molecule has 3 heteroatoms. The summed E-state index contributed by atoms with van der Waals surface area (Å²) < 4.78 is 0. The fourth-order valence-electron chi connectivity index (χ4n) is 2.40. The number of nitrogens with zero attached hydrogens (tertiary/aromatic N) is 2. The molecule has 1 rings (SSSR count). The normalized spacial score (nSPS) is 31.1. The van der Waals surface area contributed by atoms with E-state index in [1.54, 1.807) is 0 Å². The van der Waals surface area contributed by atoms with Crippen LogP contribution in [0, 0.1) is 17.2 Å². The standard InChI is InChI=1S/C12H23N3/c1-10-7-11(2)15(8-10)6-4-5-12(3,14)9-13/h10-11H,4-8,14H2,1-3H3. The van der Waals surface area contributed by atoms with Crippen LogP contribution < -0.4 is 5.73 Å². The molecule has 0 amide bonds. The van der Waals surface area contributed by atoms with Crippen molar-refractivity contribution in [2.24, 2.45) is 11.7 Å². The van der Waals surface area contributed by atoms with Gasteiger partial charge in [0.15, 0.2) is 0 Å². The van der Waals surface area contributed by atoms with E-state index in [1.165, 1.54) is 13.0 Å². The number of nitriles is 1. The van der Waals surface area contributed by atoms with E-state index in [1.807, 2.05) is 6.92 Å². The minimum atomic E-state index is -0.644. The lowest BCUT2D eigenvalue weighted by molar-refractivity contribution is 0.254. The number of nitrogens with two attached hydrogens (primary N) is 1. The second kappa shape index (κ2) is 4.96. The molecule has 0 aromatic carbocycles. The van der Waals surface area contributed by atoms with Crippen molar-refractivity contribution < 1.29 is 0 Å². The van der Waals surface area contributed by atoms with Gasteiger partial charge in [-0.15, -0.1) is 0 Å². The van der Waals surface area contributed by atoms with Crippen LogP contribution in [0.15, 0.2) is 0 Å². The van der Waals surface area contributed by atoms with Gasteiger partial charge in [0.05, 0.1) is 6.07 Å². The van der Waals surface area contributed by atoms with Crippen LogP contribution >= 0.6 is 0 Å². The van der Waals surface area contributed by atoms with E-state index in [0.29, 0.717) is 6.04 Å². The van der Waals surface area contributed by atoms with Gasteiger partial charge in [0.1, 0.15) is 5.54 Å². The minimum Gasteiger partial charge on any atom is -0.314 e. The summed E-state index contributed by atoms with van der Waals surface area (Å²) in [6.07, 6.45) is 3.12. The van der Waals surface area contributed by atoms with Crippen molar-refractivity contribution in [3.63, 3.8) is 0 Å². The summed E-state index contributed by atoms with van der Waals surface area (Å²) in [7, 11) is 0. The zero-order valence-electron chi connectivity index (χ0n) is 10.2. The first-order valence-electron chi connectivity index (χ1n) is 5.89. The summed E-state index contributed by atoms with van der Waals surface area (Å²) in [6, 6.07) is 2.85. The van der Waals surface area contributed by atoms with E-state index < -0.39 is 5.54 Å². The van der Waals surface area contributed by atoms with Crippen molar-refractivity contribution >= 4 is 0 Å². The van der Waals surface area contributed by atoms with Gasteiger partial charge in [-0.3, -0.25) is 0 Å². The summed E-state index contributed by atoms with van der Waals surface area (Å²) in [4.78, 5) is 2.51. The van der Waals surface area contributed by atoms with Crippen molar-refractivity contribution in [2.75, 3.05) is 13.1 Å². The first-order valence-corrected chi connectivity index (χ1v) is 5.89. The maximum atomic E-state index is 8.79. The molecule has 3 nitrogen and oxygen atoms in total. The molecular weight excluding hydrogens is 186 g/mol. The molecule has 1 aliphatic heterocycles. The Labute approximate surface area is 93.2 Å². The van der Waals surface area contributed by atoms with Crippen molar-refractivity contribution in [1.82, 2.24) is 4.90 Å². The fourth-order valence-corrected chi connectivity index (χ4v) is 2.40. The Balaban J connectivity index is 2.24. The van der Waals surface area contributed by atoms with Gasteiger partial charge in [-0.05, 0) is 45.6 Å².